The molecule has 32 heavy (non-hydrogen) atoms. The number of benzene rings is 3. The third kappa shape index (κ3) is 6.42. The van der Waals surface area contributed by atoms with E-state index in [1.165, 1.54) is 18.9 Å². The van der Waals surface area contributed by atoms with E-state index in [-0.39, 0.29) is 6.61 Å². The quantitative estimate of drug-likeness (QED) is 0.266. The van der Waals surface area contributed by atoms with Crippen molar-refractivity contribution in [3.05, 3.63) is 95.0 Å². The molecule has 8 heteroatoms. The number of halogens is 1. The lowest BCUT2D eigenvalue weighted by atomic mass is 10.1. The summed E-state index contributed by atoms with van der Waals surface area (Å²) >= 11 is 7.39. The lowest BCUT2D eigenvalue weighted by Crippen LogP contribution is -2.45. The number of rotatable bonds is 8. The van der Waals surface area contributed by atoms with Crippen LogP contribution in [0.4, 0.5) is 10.5 Å². The van der Waals surface area contributed by atoms with E-state index in [4.69, 9.17) is 26.8 Å². The van der Waals surface area contributed by atoms with E-state index in [1.807, 2.05) is 48.5 Å². The second-order valence-corrected chi connectivity index (χ2v) is 8.45. The van der Waals surface area contributed by atoms with Gasteiger partial charge in [0, 0.05) is 15.6 Å². The zero-order valence-electron chi connectivity index (χ0n) is 17.4. The highest BCUT2D eigenvalue weighted by atomic mass is 35.5. The monoisotopic (exact) mass is 470 g/mol. The number of methoxy groups -OCH3 is 1. The molecule has 0 radical (unpaired) electrons. The van der Waals surface area contributed by atoms with Crippen LogP contribution in [0, 0.1) is 0 Å². The van der Waals surface area contributed by atoms with Crippen LogP contribution < -0.4 is 11.1 Å². The number of hydrogen-bond donors (Lipinski definition) is 2. The van der Waals surface area contributed by atoms with Crippen LogP contribution >= 0.6 is 23.4 Å². The van der Waals surface area contributed by atoms with Gasteiger partial charge in [-0.1, -0.05) is 66.2 Å². The molecule has 3 rings (SSSR count). The number of nitrogens with one attached hydrogen (secondary N) is 1. The minimum atomic E-state index is -1.03. The van der Waals surface area contributed by atoms with Crippen LogP contribution in [0.1, 0.15) is 16.4 Å². The highest BCUT2D eigenvalue weighted by Gasteiger charge is 2.34. The highest BCUT2D eigenvalue weighted by molar-refractivity contribution is 7.99. The number of para-hydroxylation sites is 1. The van der Waals surface area contributed by atoms with Gasteiger partial charge >= 0.3 is 12.1 Å². The molecule has 2 unspecified atom stereocenters. The van der Waals surface area contributed by atoms with Crippen molar-refractivity contribution in [2.75, 3.05) is 12.8 Å². The molecule has 0 aliphatic heterocycles. The average Bonchev–Trinajstić information content (AvgIpc) is 2.82. The summed E-state index contributed by atoms with van der Waals surface area (Å²) in [6.07, 6.45) is -0.732. The summed E-state index contributed by atoms with van der Waals surface area (Å²) in [6.45, 7) is 0.0744. The topological polar surface area (TPSA) is 90.6 Å². The number of nitrogen functional groups attached to an aromatic ring is 1. The van der Waals surface area contributed by atoms with Crippen LogP contribution in [0.15, 0.2) is 83.8 Å². The van der Waals surface area contributed by atoms with E-state index in [0.717, 1.165) is 16.0 Å². The first-order chi connectivity index (χ1) is 15.5. The lowest BCUT2D eigenvalue weighted by molar-refractivity contribution is -0.143. The Morgan fingerprint density at radius 1 is 1.00 bits per heavy atom. The summed E-state index contributed by atoms with van der Waals surface area (Å²) in [5.41, 5.74) is 8.28. The van der Waals surface area contributed by atoms with Gasteiger partial charge in [-0.25, -0.2) is 9.59 Å². The first kappa shape index (κ1) is 23.5. The summed E-state index contributed by atoms with van der Waals surface area (Å²) in [7, 11) is 1.27. The van der Waals surface area contributed by atoms with Gasteiger partial charge < -0.3 is 20.5 Å². The fourth-order valence-electron chi connectivity index (χ4n) is 2.98. The van der Waals surface area contributed by atoms with Gasteiger partial charge in [0.25, 0.3) is 0 Å². The number of carbonyl (C=O) groups excluding carboxylic acids is 2. The van der Waals surface area contributed by atoms with Crippen molar-refractivity contribution >= 4 is 41.1 Å². The maximum Gasteiger partial charge on any atom is 0.408 e. The van der Waals surface area contributed by atoms with Crippen LogP contribution in [-0.4, -0.2) is 25.2 Å². The van der Waals surface area contributed by atoms with Gasteiger partial charge in [-0.3, -0.25) is 0 Å². The number of anilines is 1. The Morgan fingerprint density at radius 3 is 2.31 bits per heavy atom. The van der Waals surface area contributed by atoms with E-state index in [0.29, 0.717) is 10.7 Å². The molecule has 0 bridgehead atoms. The normalized spacial score (nSPS) is 12.4. The average molecular weight is 471 g/mol. The zero-order chi connectivity index (χ0) is 22.9. The SMILES string of the molecule is COC(=O)C(NC(=O)OCc1ccccc1)C(Sc1ccccc1N)c1ccc(Cl)cc1. The van der Waals surface area contributed by atoms with Gasteiger partial charge in [-0.05, 0) is 35.4 Å². The fraction of sp³-hybridized carbons (Fsp3) is 0.167. The Morgan fingerprint density at radius 2 is 1.66 bits per heavy atom. The molecule has 0 fully saturated rings. The number of nitrogens with two attached hydrogens (primary N) is 1. The Bertz CT molecular complexity index is 1050. The van der Waals surface area contributed by atoms with Crippen molar-refractivity contribution in [2.24, 2.45) is 0 Å². The van der Waals surface area contributed by atoms with Gasteiger partial charge in [-0.2, -0.15) is 0 Å². The maximum absolute atomic E-state index is 12.7. The molecule has 0 aliphatic rings. The number of alkyl carbamates (subject to hydrolysis) is 1. The number of amides is 1. The molecule has 166 valence electrons. The molecule has 2 atom stereocenters. The summed E-state index contributed by atoms with van der Waals surface area (Å²) in [4.78, 5) is 26.0. The number of ether oxygens (including phenoxy) is 2. The van der Waals surface area contributed by atoms with Crippen molar-refractivity contribution in [1.82, 2.24) is 5.32 Å². The molecule has 3 N–H and O–H groups in total. The molecule has 0 spiro atoms. The zero-order valence-corrected chi connectivity index (χ0v) is 18.9. The Hall–Kier alpha value is -3.16. The molecule has 0 aromatic heterocycles. The molecule has 1 amide bonds. The molecule has 0 saturated heterocycles. The Balaban J connectivity index is 1.86. The van der Waals surface area contributed by atoms with Crippen molar-refractivity contribution in [3.63, 3.8) is 0 Å². The predicted octanol–water partition coefficient (Wildman–Crippen LogP) is 5.22. The molecule has 3 aromatic rings. The molecule has 6 nitrogen and oxygen atoms in total. The summed E-state index contributed by atoms with van der Waals surface area (Å²) in [6, 6.07) is 22.6. The minimum absolute atomic E-state index is 0.0744. The Kier molecular flexibility index (Phi) is 8.41. The van der Waals surface area contributed by atoms with Crippen molar-refractivity contribution < 1.29 is 19.1 Å². The molecule has 0 heterocycles. The first-order valence-corrected chi connectivity index (χ1v) is 11.1. The number of carbonyl (C=O) groups is 2. The van der Waals surface area contributed by atoms with Crippen molar-refractivity contribution in [3.8, 4) is 0 Å². The third-order valence-electron chi connectivity index (χ3n) is 4.62. The lowest BCUT2D eigenvalue weighted by Gasteiger charge is -2.26. The van der Waals surface area contributed by atoms with Crippen LogP contribution in [0.25, 0.3) is 0 Å². The van der Waals surface area contributed by atoms with E-state index >= 15 is 0 Å². The van der Waals surface area contributed by atoms with E-state index in [1.54, 1.807) is 30.3 Å². The fourth-order valence-corrected chi connectivity index (χ4v) is 4.35. The van der Waals surface area contributed by atoms with Crippen LogP contribution in [0.3, 0.4) is 0 Å². The first-order valence-electron chi connectivity index (χ1n) is 9.79. The van der Waals surface area contributed by atoms with Crippen molar-refractivity contribution in [2.45, 2.75) is 22.8 Å². The maximum atomic E-state index is 12.7. The summed E-state index contributed by atoms with van der Waals surface area (Å²) in [5.74, 6) is -0.608. The molecule has 0 aliphatic carbocycles. The van der Waals surface area contributed by atoms with Crippen molar-refractivity contribution in [1.29, 1.82) is 0 Å². The Labute approximate surface area is 196 Å². The van der Waals surface area contributed by atoms with Gasteiger partial charge in [0.05, 0.1) is 12.4 Å². The smallest absolute Gasteiger partial charge is 0.408 e. The largest absolute Gasteiger partial charge is 0.467 e. The predicted molar refractivity (Wildman–Crippen MR) is 126 cm³/mol. The van der Waals surface area contributed by atoms with Gasteiger partial charge in [0.1, 0.15) is 12.6 Å². The third-order valence-corrected chi connectivity index (χ3v) is 6.29. The van der Waals surface area contributed by atoms with Gasteiger partial charge in [0.15, 0.2) is 0 Å². The summed E-state index contributed by atoms with van der Waals surface area (Å²) < 4.78 is 10.3. The standard InChI is InChI=1S/C24H23ClN2O4S/c1-30-23(28)21(27-24(29)31-15-16-7-3-2-4-8-16)22(17-11-13-18(25)14-12-17)32-20-10-6-5-9-19(20)26/h2-14,21-22H,15,26H2,1H3,(H,27,29). The van der Waals surface area contributed by atoms with Crippen LogP contribution in [0.5, 0.6) is 0 Å². The number of thioether (sulfide) groups is 1. The number of hydrogen-bond acceptors (Lipinski definition) is 6. The number of esters is 1. The van der Waals surface area contributed by atoms with E-state index < -0.39 is 23.4 Å². The molecular weight excluding hydrogens is 448 g/mol. The molecule has 3 aromatic carbocycles. The summed E-state index contributed by atoms with van der Waals surface area (Å²) in [5, 5.41) is 2.67. The highest BCUT2D eigenvalue weighted by Crippen LogP contribution is 2.41. The van der Waals surface area contributed by atoms with E-state index in [9.17, 15) is 9.59 Å². The minimum Gasteiger partial charge on any atom is -0.467 e. The van der Waals surface area contributed by atoms with E-state index in [2.05, 4.69) is 5.32 Å². The van der Waals surface area contributed by atoms with Crippen LogP contribution in [-0.2, 0) is 20.9 Å². The second-order valence-electron chi connectivity index (χ2n) is 6.83. The van der Waals surface area contributed by atoms with Gasteiger partial charge in [0.2, 0.25) is 0 Å². The second kappa shape index (κ2) is 11.5. The molecular formula is C24H23ClN2O4S. The van der Waals surface area contributed by atoms with Gasteiger partial charge in [-0.15, -0.1) is 11.8 Å². The van der Waals surface area contributed by atoms with Crippen LogP contribution in [0.2, 0.25) is 5.02 Å². The molecule has 0 saturated carbocycles.